The van der Waals surface area contributed by atoms with Crippen LogP contribution in [0.5, 0.6) is 0 Å². The topological polar surface area (TPSA) is 74.2 Å². The molecule has 1 heterocycles. The summed E-state index contributed by atoms with van der Waals surface area (Å²) in [5.41, 5.74) is 0. The molecule has 0 aromatic carbocycles. The first-order valence-electron chi connectivity index (χ1n) is 6.26. The van der Waals surface area contributed by atoms with Crippen molar-refractivity contribution in [2.24, 2.45) is 5.92 Å². The Kier molecular flexibility index (Phi) is 4.54. The number of aliphatic hydroxyl groups is 1. The highest BCUT2D eigenvalue weighted by Gasteiger charge is 2.29. The lowest BCUT2D eigenvalue weighted by atomic mass is 10.2. The van der Waals surface area contributed by atoms with E-state index in [1.807, 2.05) is 13.1 Å². The summed E-state index contributed by atoms with van der Waals surface area (Å²) in [7, 11) is 0. The van der Waals surface area contributed by atoms with E-state index in [-0.39, 0.29) is 6.03 Å². The second-order valence-corrected chi connectivity index (χ2v) is 5.98. The Morgan fingerprint density at radius 3 is 3.00 bits per heavy atom. The highest BCUT2D eigenvalue weighted by Crippen LogP contribution is 2.32. The fraction of sp³-hybridized carbons (Fsp3) is 0.667. The van der Waals surface area contributed by atoms with Crippen LogP contribution in [0.2, 0.25) is 0 Å². The first-order valence-corrected chi connectivity index (χ1v) is 7.08. The summed E-state index contributed by atoms with van der Waals surface area (Å²) in [6.45, 7) is 2.92. The number of aliphatic hydroxyl groups excluding tert-OH is 1. The summed E-state index contributed by atoms with van der Waals surface area (Å²) in [4.78, 5) is 16.8. The molecule has 1 aliphatic rings. The van der Waals surface area contributed by atoms with E-state index in [9.17, 15) is 9.90 Å². The monoisotopic (exact) mass is 269 g/mol. The number of rotatable bonds is 6. The van der Waals surface area contributed by atoms with Crippen molar-refractivity contribution in [3.8, 4) is 0 Å². The third-order valence-electron chi connectivity index (χ3n) is 2.93. The third-order valence-corrected chi connectivity index (χ3v) is 3.90. The first kappa shape index (κ1) is 13.3. The molecule has 0 radical (unpaired) electrons. The largest absolute Gasteiger partial charge is 0.391 e. The van der Waals surface area contributed by atoms with Crippen molar-refractivity contribution in [1.82, 2.24) is 15.6 Å². The summed E-state index contributed by atoms with van der Waals surface area (Å²) in [5.74, 6) is 0.392. The zero-order chi connectivity index (χ0) is 13.0. The summed E-state index contributed by atoms with van der Waals surface area (Å²) >= 11 is 1.65. The van der Waals surface area contributed by atoms with Gasteiger partial charge in [0, 0.05) is 30.6 Å². The van der Waals surface area contributed by atoms with Crippen LogP contribution in [0.15, 0.2) is 6.20 Å². The van der Waals surface area contributed by atoms with E-state index < -0.39 is 6.10 Å². The maximum absolute atomic E-state index is 11.4. The number of nitrogens with zero attached hydrogens (tertiary/aromatic N) is 1. The predicted octanol–water partition coefficient (Wildman–Crippen LogP) is 1.06. The van der Waals surface area contributed by atoms with E-state index in [1.54, 1.807) is 11.3 Å². The second kappa shape index (κ2) is 6.15. The highest BCUT2D eigenvalue weighted by molar-refractivity contribution is 7.11. The Morgan fingerprint density at radius 2 is 2.39 bits per heavy atom. The van der Waals surface area contributed by atoms with Crippen LogP contribution >= 0.6 is 11.3 Å². The molecule has 5 nitrogen and oxygen atoms in total. The van der Waals surface area contributed by atoms with Crippen molar-refractivity contribution in [2.75, 3.05) is 13.1 Å². The molecular formula is C12H19N3O2S. The molecule has 1 aliphatic carbocycles. The van der Waals surface area contributed by atoms with Crippen LogP contribution in [0.3, 0.4) is 0 Å². The van der Waals surface area contributed by atoms with Crippen molar-refractivity contribution >= 4 is 17.4 Å². The van der Waals surface area contributed by atoms with Crippen LogP contribution in [0.4, 0.5) is 4.79 Å². The van der Waals surface area contributed by atoms with Crippen molar-refractivity contribution in [3.63, 3.8) is 0 Å². The summed E-state index contributed by atoms with van der Waals surface area (Å²) in [5, 5.41) is 16.1. The van der Waals surface area contributed by atoms with Crippen LogP contribution in [0.1, 0.15) is 22.7 Å². The molecular weight excluding hydrogens is 250 g/mol. The third kappa shape index (κ3) is 4.27. The lowest BCUT2D eigenvalue weighted by Gasteiger charge is -2.11. The molecule has 1 saturated carbocycles. The molecule has 0 aliphatic heterocycles. The number of aryl methyl sites for hydroxylation is 1. The number of carbonyl (C=O) groups excluding carboxylic acids is 1. The molecule has 3 N–H and O–H groups in total. The van der Waals surface area contributed by atoms with Crippen molar-refractivity contribution in [3.05, 3.63) is 16.1 Å². The van der Waals surface area contributed by atoms with Gasteiger partial charge in [0.15, 0.2) is 0 Å². The van der Waals surface area contributed by atoms with Gasteiger partial charge in [-0.3, -0.25) is 0 Å². The lowest BCUT2D eigenvalue weighted by molar-refractivity contribution is 0.149. The number of nitrogens with one attached hydrogen (secondary N) is 2. The Morgan fingerprint density at radius 1 is 1.61 bits per heavy atom. The Bertz CT molecular complexity index is 404. The summed E-state index contributed by atoms with van der Waals surface area (Å²) in [6, 6.07) is -0.219. The smallest absolute Gasteiger partial charge is 0.314 e. The summed E-state index contributed by atoms with van der Waals surface area (Å²) < 4.78 is 0. The van der Waals surface area contributed by atoms with Crippen LogP contribution < -0.4 is 10.6 Å². The molecule has 1 fully saturated rings. The fourth-order valence-corrected chi connectivity index (χ4v) is 2.49. The molecule has 2 amide bonds. The second-order valence-electron chi connectivity index (χ2n) is 4.66. The maximum Gasteiger partial charge on any atom is 0.314 e. The minimum absolute atomic E-state index is 0.219. The maximum atomic E-state index is 11.4. The number of urea groups is 1. The minimum atomic E-state index is -0.391. The van der Waals surface area contributed by atoms with Crippen molar-refractivity contribution in [1.29, 1.82) is 0 Å². The lowest BCUT2D eigenvalue weighted by Crippen LogP contribution is -2.41. The van der Waals surface area contributed by atoms with Crippen molar-refractivity contribution < 1.29 is 9.90 Å². The molecule has 100 valence electrons. The fourth-order valence-electron chi connectivity index (χ4n) is 1.71. The summed E-state index contributed by atoms with van der Waals surface area (Å²) in [6.07, 6.45) is 4.35. The zero-order valence-corrected chi connectivity index (χ0v) is 11.3. The van der Waals surface area contributed by atoms with Crippen LogP contribution in [-0.2, 0) is 6.42 Å². The molecule has 0 bridgehead atoms. The molecule has 1 aromatic heterocycles. The first-order chi connectivity index (χ1) is 8.65. The molecule has 1 unspecified atom stereocenters. The molecule has 2 rings (SSSR count). The van der Waals surface area contributed by atoms with Gasteiger partial charge < -0.3 is 15.7 Å². The Hall–Kier alpha value is -1.14. The van der Waals surface area contributed by atoms with Crippen molar-refractivity contribution in [2.45, 2.75) is 32.3 Å². The number of amides is 2. The van der Waals surface area contributed by atoms with Gasteiger partial charge in [-0.15, -0.1) is 11.3 Å². The SMILES string of the molecule is Cc1cnc(CCNC(=O)NCC(O)C2CC2)s1. The van der Waals surface area contributed by atoms with Gasteiger partial charge in [-0.1, -0.05) is 0 Å². The highest BCUT2D eigenvalue weighted by atomic mass is 32.1. The Balaban J connectivity index is 1.56. The minimum Gasteiger partial charge on any atom is -0.391 e. The quantitative estimate of drug-likeness (QED) is 0.723. The van der Waals surface area contributed by atoms with E-state index in [0.717, 1.165) is 24.3 Å². The van der Waals surface area contributed by atoms with Crippen LogP contribution in [-0.4, -0.2) is 35.3 Å². The van der Waals surface area contributed by atoms with E-state index in [4.69, 9.17) is 0 Å². The molecule has 0 spiro atoms. The van der Waals surface area contributed by atoms with Gasteiger partial charge in [0.2, 0.25) is 0 Å². The van der Waals surface area contributed by atoms with Gasteiger partial charge in [0.1, 0.15) is 0 Å². The van der Waals surface area contributed by atoms with E-state index in [0.29, 0.717) is 19.0 Å². The van der Waals surface area contributed by atoms with Gasteiger partial charge in [-0.2, -0.15) is 0 Å². The van der Waals surface area contributed by atoms with Gasteiger partial charge in [-0.25, -0.2) is 9.78 Å². The van der Waals surface area contributed by atoms with Gasteiger partial charge in [0.05, 0.1) is 11.1 Å². The zero-order valence-electron chi connectivity index (χ0n) is 10.5. The Labute approximate surface area is 111 Å². The number of hydrogen-bond acceptors (Lipinski definition) is 4. The number of carbonyl (C=O) groups is 1. The van der Waals surface area contributed by atoms with Crippen LogP contribution in [0, 0.1) is 12.8 Å². The van der Waals surface area contributed by atoms with Crippen LogP contribution in [0.25, 0.3) is 0 Å². The average Bonchev–Trinajstić information content (AvgIpc) is 3.11. The number of hydrogen-bond donors (Lipinski definition) is 3. The van der Waals surface area contributed by atoms with Gasteiger partial charge in [-0.05, 0) is 25.7 Å². The molecule has 0 saturated heterocycles. The van der Waals surface area contributed by atoms with E-state index in [1.165, 1.54) is 4.88 Å². The predicted molar refractivity (Wildman–Crippen MR) is 70.7 cm³/mol. The molecule has 1 aromatic rings. The molecule has 1 atom stereocenters. The molecule has 18 heavy (non-hydrogen) atoms. The number of aromatic nitrogens is 1. The average molecular weight is 269 g/mol. The number of thiazole rings is 1. The van der Waals surface area contributed by atoms with Gasteiger partial charge in [0.25, 0.3) is 0 Å². The normalized spacial score (nSPS) is 16.3. The van der Waals surface area contributed by atoms with E-state index >= 15 is 0 Å². The van der Waals surface area contributed by atoms with Gasteiger partial charge >= 0.3 is 6.03 Å². The standard InChI is InChI=1S/C12H19N3O2S/c1-8-6-14-11(18-8)4-5-13-12(17)15-7-10(16)9-2-3-9/h6,9-10,16H,2-5,7H2,1H3,(H2,13,15,17). The molecule has 6 heteroatoms. The van der Waals surface area contributed by atoms with E-state index in [2.05, 4.69) is 15.6 Å².